The molecule has 2 aliphatic heterocycles. The number of aliphatic imine (C=N–C) groups is 1. The predicted octanol–water partition coefficient (Wildman–Crippen LogP) is 4.68. The lowest BCUT2D eigenvalue weighted by molar-refractivity contribution is -0.387. The standard InChI is InChI=1S/C24H14ClN5O6S2/c25-18-6-2-1-5-16(18)23-28-29-21(26)17(22(31)27-24(29)37-23)13-14-9-11-15(12-10-14)36-38(34,35)20-8-4-3-7-19(20)30(32)33/h1-13,26H/b17-13-,26-21?. The van der Waals surface area contributed by atoms with E-state index in [1.54, 1.807) is 24.3 Å². The van der Waals surface area contributed by atoms with Crippen LogP contribution in [0.2, 0.25) is 5.02 Å². The number of fused-ring (bicyclic) bond motifs is 1. The van der Waals surface area contributed by atoms with Crippen molar-refractivity contribution in [3.63, 3.8) is 0 Å². The first-order valence-electron chi connectivity index (χ1n) is 10.7. The second-order valence-corrected chi connectivity index (χ2v) is 10.6. The van der Waals surface area contributed by atoms with Crippen LogP contribution < -0.4 is 4.18 Å². The van der Waals surface area contributed by atoms with Crippen LogP contribution in [0.5, 0.6) is 5.75 Å². The van der Waals surface area contributed by atoms with Crippen molar-refractivity contribution in [1.29, 1.82) is 5.41 Å². The molecule has 1 amide bonds. The first-order valence-corrected chi connectivity index (χ1v) is 13.3. The molecule has 5 rings (SSSR count). The maximum Gasteiger partial charge on any atom is 0.346 e. The average Bonchev–Trinajstić information content (AvgIpc) is 3.31. The monoisotopic (exact) mass is 567 g/mol. The minimum absolute atomic E-state index is 0.0280. The molecule has 2 aliphatic rings. The fourth-order valence-corrected chi connectivity index (χ4v) is 5.82. The van der Waals surface area contributed by atoms with Gasteiger partial charge in [0, 0.05) is 11.6 Å². The molecule has 0 spiro atoms. The Bertz CT molecular complexity index is 1720. The number of amides is 1. The molecule has 14 heteroatoms. The first-order chi connectivity index (χ1) is 18.1. The lowest BCUT2D eigenvalue weighted by Gasteiger charge is -2.20. The van der Waals surface area contributed by atoms with E-state index in [1.165, 1.54) is 47.5 Å². The van der Waals surface area contributed by atoms with Crippen molar-refractivity contribution in [3.8, 4) is 5.75 Å². The summed E-state index contributed by atoms with van der Waals surface area (Å²) < 4.78 is 30.3. The highest BCUT2D eigenvalue weighted by Gasteiger charge is 2.36. The Hall–Kier alpha value is -4.33. The third-order valence-corrected chi connectivity index (χ3v) is 7.85. The van der Waals surface area contributed by atoms with Gasteiger partial charge in [0.1, 0.15) is 10.8 Å². The Morgan fingerprint density at radius 1 is 1.05 bits per heavy atom. The zero-order valence-electron chi connectivity index (χ0n) is 18.9. The van der Waals surface area contributed by atoms with Gasteiger partial charge in [-0.3, -0.25) is 20.3 Å². The maximum absolute atomic E-state index is 12.7. The fraction of sp³-hybridized carbons (Fsp3) is 0. The Morgan fingerprint density at radius 2 is 1.74 bits per heavy atom. The molecule has 0 saturated carbocycles. The second-order valence-electron chi connectivity index (χ2n) is 7.74. The van der Waals surface area contributed by atoms with Crippen molar-refractivity contribution in [1.82, 2.24) is 5.01 Å². The van der Waals surface area contributed by atoms with Crippen molar-refractivity contribution in [2.45, 2.75) is 4.90 Å². The van der Waals surface area contributed by atoms with Crippen LogP contribution in [0, 0.1) is 15.5 Å². The van der Waals surface area contributed by atoms with Gasteiger partial charge in [0.2, 0.25) is 5.17 Å². The van der Waals surface area contributed by atoms with Crippen LogP contribution >= 0.6 is 23.4 Å². The van der Waals surface area contributed by atoms with Crippen molar-refractivity contribution in [3.05, 3.63) is 105 Å². The van der Waals surface area contributed by atoms with E-state index >= 15 is 0 Å². The van der Waals surface area contributed by atoms with Crippen molar-refractivity contribution < 1.29 is 22.3 Å². The van der Waals surface area contributed by atoms with E-state index < -0.39 is 31.5 Å². The lowest BCUT2D eigenvalue weighted by Crippen LogP contribution is -2.35. The minimum atomic E-state index is -4.48. The Labute approximate surface area is 224 Å². The molecule has 0 bridgehead atoms. The SMILES string of the molecule is N=C1/C(=C/c2ccc(OS(=O)(=O)c3ccccc3[N+](=O)[O-])cc2)C(=O)N=C2SC(c3ccccc3Cl)=NN12. The number of benzene rings is 3. The average molecular weight is 568 g/mol. The number of nitrogens with zero attached hydrogens (tertiary/aromatic N) is 4. The smallest absolute Gasteiger partial charge is 0.346 e. The van der Waals surface area contributed by atoms with Gasteiger partial charge in [-0.15, -0.1) is 0 Å². The molecular formula is C24H14ClN5O6S2. The first kappa shape index (κ1) is 25.3. The summed E-state index contributed by atoms with van der Waals surface area (Å²) in [7, 11) is -4.48. The number of halogens is 1. The third-order valence-electron chi connectivity index (χ3n) is 5.29. The van der Waals surface area contributed by atoms with Gasteiger partial charge in [-0.2, -0.15) is 23.5 Å². The molecule has 190 valence electrons. The zero-order valence-corrected chi connectivity index (χ0v) is 21.3. The summed E-state index contributed by atoms with van der Waals surface area (Å²) in [6.07, 6.45) is 1.42. The van der Waals surface area contributed by atoms with Crippen LogP contribution in [0.15, 0.2) is 93.4 Å². The normalized spacial score (nSPS) is 16.2. The van der Waals surface area contributed by atoms with Crippen LogP contribution in [-0.4, -0.2) is 40.3 Å². The van der Waals surface area contributed by atoms with Crippen molar-refractivity contribution >= 4 is 67.2 Å². The molecule has 1 N–H and O–H groups in total. The van der Waals surface area contributed by atoms with Gasteiger partial charge < -0.3 is 4.18 Å². The van der Waals surface area contributed by atoms with Gasteiger partial charge >= 0.3 is 10.1 Å². The van der Waals surface area contributed by atoms with Gasteiger partial charge in [0.15, 0.2) is 10.7 Å². The number of nitrogens with one attached hydrogen (secondary N) is 1. The summed E-state index contributed by atoms with van der Waals surface area (Å²) in [4.78, 5) is 26.5. The molecule has 0 radical (unpaired) electrons. The molecule has 2 heterocycles. The fourth-order valence-electron chi connectivity index (χ4n) is 3.51. The van der Waals surface area contributed by atoms with E-state index in [0.29, 0.717) is 21.2 Å². The van der Waals surface area contributed by atoms with Gasteiger partial charge in [-0.25, -0.2) is 0 Å². The molecule has 0 unspecified atom stereocenters. The number of rotatable bonds is 6. The number of amidine groups is 2. The number of nitro benzene ring substituents is 1. The van der Waals surface area contributed by atoms with Crippen LogP contribution in [0.3, 0.4) is 0 Å². The quantitative estimate of drug-likeness (QED) is 0.195. The van der Waals surface area contributed by atoms with Gasteiger partial charge in [0.05, 0.1) is 15.5 Å². The van der Waals surface area contributed by atoms with E-state index in [2.05, 4.69) is 10.1 Å². The summed E-state index contributed by atoms with van der Waals surface area (Å²) >= 11 is 7.37. The van der Waals surface area contributed by atoms with E-state index in [1.807, 2.05) is 0 Å². The lowest BCUT2D eigenvalue weighted by atomic mass is 10.1. The van der Waals surface area contributed by atoms with Crippen LogP contribution in [-0.2, 0) is 14.9 Å². The van der Waals surface area contributed by atoms with E-state index in [4.69, 9.17) is 21.2 Å². The number of carbonyl (C=O) groups excluding carboxylic acids is 1. The molecule has 11 nitrogen and oxygen atoms in total. The minimum Gasteiger partial charge on any atom is -0.379 e. The number of hydrogen-bond acceptors (Lipinski definition) is 9. The van der Waals surface area contributed by atoms with E-state index in [0.717, 1.165) is 23.9 Å². The van der Waals surface area contributed by atoms with E-state index in [-0.39, 0.29) is 22.3 Å². The molecular weight excluding hydrogens is 554 g/mol. The topological polar surface area (TPSA) is 155 Å². The number of hydrogen-bond donors (Lipinski definition) is 1. The second kappa shape index (κ2) is 9.85. The Balaban J connectivity index is 1.37. The molecule has 0 saturated heterocycles. The summed E-state index contributed by atoms with van der Waals surface area (Å²) in [6, 6.07) is 17.5. The Morgan fingerprint density at radius 3 is 2.45 bits per heavy atom. The Kier molecular flexibility index (Phi) is 6.57. The highest BCUT2D eigenvalue weighted by Crippen LogP contribution is 2.33. The molecule has 38 heavy (non-hydrogen) atoms. The summed E-state index contributed by atoms with van der Waals surface area (Å²) in [5.41, 5.74) is 0.464. The highest BCUT2D eigenvalue weighted by molar-refractivity contribution is 8.27. The van der Waals surface area contributed by atoms with Gasteiger partial charge in [-0.05, 0) is 47.7 Å². The number of hydrazone groups is 1. The molecule has 3 aromatic carbocycles. The number of para-hydroxylation sites is 1. The van der Waals surface area contributed by atoms with Crippen LogP contribution in [0.4, 0.5) is 5.69 Å². The van der Waals surface area contributed by atoms with Crippen molar-refractivity contribution in [2.24, 2.45) is 10.1 Å². The number of thioether (sulfide) groups is 1. The third kappa shape index (κ3) is 4.81. The summed E-state index contributed by atoms with van der Waals surface area (Å²) in [5, 5.41) is 26.5. The summed E-state index contributed by atoms with van der Waals surface area (Å²) in [5.74, 6) is -0.918. The van der Waals surface area contributed by atoms with Gasteiger partial charge in [-0.1, -0.05) is 54.1 Å². The molecule has 0 fully saturated rings. The van der Waals surface area contributed by atoms with Gasteiger partial charge in [0.25, 0.3) is 11.6 Å². The largest absolute Gasteiger partial charge is 0.379 e. The maximum atomic E-state index is 12.7. The van der Waals surface area contributed by atoms with E-state index in [9.17, 15) is 23.3 Å². The highest BCUT2D eigenvalue weighted by atomic mass is 35.5. The predicted molar refractivity (Wildman–Crippen MR) is 143 cm³/mol. The zero-order chi connectivity index (χ0) is 27.0. The molecule has 0 aromatic heterocycles. The van der Waals surface area contributed by atoms with Crippen LogP contribution in [0.1, 0.15) is 11.1 Å². The number of carbonyl (C=O) groups is 1. The number of nitro groups is 1. The molecule has 0 atom stereocenters. The molecule has 3 aromatic rings. The van der Waals surface area contributed by atoms with Crippen LogP contribution in [0.25, 0.3) is 6.08 Å². The summed E-state index contributed by atoms with van der Waals surface area (Å²) in [6.45, 7) is 0. The molecule has 0 aliphatic carbocycles. The van der Waals surface area contributed by atoms with Crippen molar-refractivity contribution in [2.75, 3.05) is 0 Å².